The van der Waals surface area contributed by atoms with E-state index in [1.54, 1.807) is 31.2 Å². The van der Waals surface area contributed by atoms with Gasteiger partial charge in [0.15, 0.2) is 23.4 Å². The zero-order valence-corrected chi connectivity index (χ0v) is 25.6. The summed E-state index contributed by atoms with van der Waals surface area (Å²) >= 11 is 3.46. The van der Waals surface area contributed by atoms with Gasteiger partial charge in [-0.2, -0.15) is 5.10 Å². The first-order valence-electron chi connectivity index (χ1n) is 13.2. The van der Waals surface area contributed by atoms with Crippen molar-refractivity contribution in [2.75, 3.05) is 13.7 Å². The third-order valence-electron chi connectivity index (χ3n) is 6.20. The fraction of sp³-hybridized carbons (Fsp3) is 0.258. The molecule has 0 unspecified atom stereocenters. The molecule has 0 radical (unpaired) electrons. The van der Waals surface area contributed by atoms with Gasteiger partial charge in [0, 0.05) is 27.1 Å². The second kappa shape index (κ2) is 13.9. The molecule has 2 aromatic carbocycles. The van der Waals surface area contributed by atoms with Gasteiger partial charge in [0.25, 0.3) is 0 Å². The van der Waals surface area contributed by atoms with Crippen LogP contribution in [0.2, 0.25) is 0 Å². The molecule has 1 N–H and O–H groups in total. The van der Waals surface area contributed by atoms with E-state index in [9.17, 15) is 9.59 Å². The molecular weight excluding hydrogens is 606 g/mol. The average molecular weight is 639 g/mol. The smallest absolute Gasteiger partial charge is 0.346 e. The lowest BCUT2D eigenvalue weighted by molar-refractivity contribution is -0.147. The number of aromatic nitrogens is 1. The van der Waals surface area contributed by atoms with Crippen LogP contribution >= 0.6 is 15.9 Å². The number of rotatable bonds is 12. The van der Waals surface area contributed by atoms with E-state index >= 15 is 0 Å². The number of furan rings is 1. The summed E-state index contributed by atoms with van der Waals surface area (Å²) < 4.78 is 30.3. The molecule has 42 heavy (non-hydrogen) atoms. The molecule has 0 fully saturated rings. The first kappa shape index (κ1) is 30.4. The summed E-state index contributed by atoms with van der Waals surface area (Å²) in [5.41, 5.74) is 6.43. The predicted octanol–water partition coefficient (Wildman–Crippen LogP) is 6.13. The third-order valence-corrected chi connectivity index (χ3v) is 6.89. The first-order valence-corrected chi connectivity index (χ1v) is 14.0. The van der Waals surface area contributed by atoms with Gasteiger partial charge in [0.05, 0.1) is 19.9 Å². The maximum absolute atomic E-state index is 12.6. The molecule has 10 nitrogen and oxygen atoms in total. The highest BCUT2D eigenvalue weighted by Crippen LogP contribution is 2.34. The predicted molar refractivity (Wildman–Crippen MR) is 161 cm³/mol. The number of methoxy groups -OCH3 is 1. The van der Waals surface area contributed by atoms with Crippen molar-refractivity contribution in [3.63, 3.8) is 0 Å². The molecule has 220 valence electrons. The number of carbonyl (C=O) groups is 2. The molecule has 4 rings (SSSR count). The number of esters is 1. The Kier molecular flexibility index (Phi) is 10.1. The van der Waals surface area contributed by atoms with Crippen LogP contribution in [0.25, 0.3) is 5.69 Å². The minimum Gasteiger partial charge on any atom is -0.490 e. The second-order valence-corrected chi connectivity index (χ2v) is 10.1. The maximum Gasteiger partial charge on any atom is 0.346 e. The number of carbonyl (C=O) groups excluding carboxylic acids is 2. The Labute approximate surface area is 252 Å². The van der Waals surface area contributed by atoms with Crippen LogP contribution in [0, 0.1) is 13.8 Å². The van der Waals surface area contributed by atoms with Crippen LogP contribution in [0.15, 0.2) is 74.7 Å². The molecule has 0 saturated carbocycles. The fourth-order valence-electron chi connectivity index (χ4n) is 4.13. The quantitative estimate of drug-likeness (QED) is 0.113. The van der Waals surface area contributed by atoms with Crippen molar-refractivity contribution < 1.29 is 33.0 Å². The number of benzene rings is 2. The lowest BCUT2D eigenvalue weighted by Crippen LogP contribution is -2.25. The Balaban J connectivity index is 1.34. The lowest BCUT2D eigenvalue weighted by atomic mass is 10.2. The number of aryl methyl sites for hydroxylation is 2. The molecule has 2 heterocycles. The van der Waals surface area contributed by atoms with Crippen LogP contribution in [-0.4, -0.2) is 42.5 Å². The molecule has 1 atom stereocenters. The largest absolute Gasteiger partial charge is 0.490 e. The summed E-state index contributed by atoms with van der Waals surface area (Å²) in [5.74, 6) is 0.996. The van der Waals surface area contributed by atoms with Gasteiger partial charge in [0.1, 0.15) is 18.1 Å². The molecule has 1 amide bonds. The number of nitrogens with zero attached hydrogens (tertiary/aromatic N) is 2. The average Bonchev–Trinajstić information content (AvgIpc) is 3.59. The fourth-order valence-corrected chi connectivity index (χ4v) is 4.55. The number of amides is 1. The Morgan fingerprint density at radius 3 is 2.40 bits per heavy atom. The summed E-state index contributed by atoms with van der Waals surface area (Å²) in [6.45, 7) is 8.07. The zero-order chi connectivity index (χ0) is 30.2. The number of hydrogen-bond donors (Lipinski definition) is 1. The van der Waals surface area contributed by atoms with E-state index in [4.69, 9.17) is 23.4 Å². The molecule has 4 aromatic rings. The molecule has 11 heteroatoms. The minimum absolute atomic E-state index is 0.0919. The van der Waals surface area contributed by atoms with Crippen LogP contribution in [0.1, 0.15) is 47.1 Å². The number of nitrogens with one attached hydrogen (secondary N) is 1. The first-order chi connectivity index (χ1) is 20.2. The highest BCUT2D eigenvalue weighted by atomic mass is 79.9. The molecular formula is C31H32BrN3O7. The van der Waals surface area contributed by atoms with Crippen LogP contribution < -0.4 is 19.6 Å². The normalized spacial score (nSPS) is 11.8. The summed E-state index contributed by atoms with van der Waals surface area (Å²) in [6, 6.07) is 18.5. The Bertz CT molecular complexity index is 1550. The van der Waals surface area contributed by atoms with Crippen molar-refractivity contribution in [3.8, 4) is 22.9 Å². The van der Waals surface area contributed by atoms with E-state index in [-0.39, 0.29) is 12.4 Å². The maximum atomic E-state index is 12.6. The van der Waals surface area contributed by atoms with E-state index in [1.165, 1.54) is 13.3 Å². The molecule has 2 aromatic heterocycles. The molecule has 0 saturated heterocycles. The van der Waals surface area contributed by atoms with Gasteiger partial charge in [-0.25, -0.2) is 10.2 Å². The van der Waals surface area contributed by atoms with Crippen LogP contribution in [-0.2, 0) is 16.1 Å². The van der Waals surface area contributed by atoms with Gasteiger partial charge in [-0.15, -0.1) is 0 Å². The van der Waals surface area contributed by atoms with Crippen molar-refractivity contribution >= 4 is 34.0 Å². The summed E-state index contributed by atoms with van der Waals surface area (Å²) in [4.78, 5) is 24.3. The highest BCUT2D eigenvalue weighted by molar-refractivity contribution is 9.10. The number of ether oxygens (including phenoxy) is 4. The molecule has 0 aliphatic carbocycles. The highest BCUT2D eigenvalue weighted by Gasteiger charge is 2.19. The third kappa shape index (κ3) is 7.41. The molecule has 0 aliphatic rings. The number of hydrogen-bond acceptors (Lipinski definition) is 8. The van der Waals surface area contributed by atoms with Gasteiger partial charge in [-0.3, -0.25) is 4.79 Å². The molecule has 0 aliphatic heterocycles. The second-order valence-electron chi connectivity index (χ2n) is 9.24. The summed E-state index contributed by atoms with van der Waals surface area (Å²) in [7, 11) is 1.29. The van der Waals surface area contributed by atoms with Gasteiger partial charge >= 0.3 is 11.9 Å². The van der Waals surface area contributed by atoms with Gasteiger partial charge in [-0.1, -0.05) is 0 Å². The summed E-state index contributed by atoms with van der Waals surface area (Å²) in [5, 5.41) is 4.04. The van der Waals surface area contributed by atoms with Crippen molar-refractivity contribution in [1.82, 2.24) is 9.99 Å². The Morgan fingerprint density at radius 1 is 1.02 bits per heavy atom. The number of halogens is 1. The van der Waals surface area contributed by atoms with Crippen molar-refractivity contribution in [1.29, 1.82) is 0 Å². The van der Waals surface area contributed by atoms with E-state index in [0.717, 1.165) is 17.1 Å². The van der Waals surface area contributed by atoms with Gasteiger partial charge in [-0.05, 0) is 104 Å². The van der Waals surface area contributed by atoms with Crippen LogP contribution in [0.4, 0.5) is 0 Å². The number of hydrazone groups is 1. The minimum atomic E-state index is -0.826. The van der Waals surface area contributed by atoms with E-state index in [2.05, 4.69) is 57.0 Å². The SMILES string of the molecule is CCOc1cc(/C=N/NC(=O)c2ccc(COc3ccc(-n4c(C)ccc4C)cc3)o2)c(Br)cc1O[C@@H](C)C(=O)OC. The topological polar surface area (TPSA) is 114 Å². The van der Waals surface area contributed by atoms with Crippen molar-refractivity contribution in [2.24, 2.45) is 5.10 Å². The van der Waals surface area contributed by atoms with Gasteiger partial charge < -0.3 is 27.9 Å². The van der Waals surface area contributed by atoms with Crippen LogP contribution in [0.5, 0.6) is 17.2 Å². The van der Waals surface area contributed by atoms with E-state index in [0.29, 0.717) is 39.7 Å². The van der Waals surface area contributed by atoms with Gasteiger partial charge in [0.2, 0.25) is 0 Å². The van der Waals surface area contributed by atoms with Crippen molar-refractivity contribution in [3.05, 3.63) is 93.6 Å². The van der Waals surface area contributed by atoms with E-state index < -0.39 is 18.0 Å². The Morgan fingerprint density at radius 2 is 1.74 bits per heavy atom. The van der Waals surface area contributed by atoms with Crippen LogP contribution in [0.3, 0.4) is 0 Å². The van der Waals surface area contributed by atoms with Crippen molar-refractivity contribution in [2.45, 2.75) is 40.4 Å². The standard InChI is InChI=1S/C31H32BrN3O7/c1-6-39-28-15-22(26(32)16-29(28)41-21(4)31(37)38-5)17-33-34-30(36)27-14-13-25(42-27)18-40-24-11-9-23(10-12-24)35-19(2)7-8-20(35)3/h7-17,21H,6,18H2,1-5H3,(H,34,36)/b33-17+/t21-/m0/s1. The molecule has 0 bridgehead atoms. The zero-order valence-electron chi connectivity index (χ0n) is 24.0. The van der Waals surface area contributed by atoms with E-state index in [1.807, 2.05) is 31.2 Å². The lowest BCUT2D eigenvalue weighted by Gasteiger charge is -2.17. The molecule has 0 spiro atoms. The Hall–Kier alpha value is -4.51. The monoisotopic (exact) mass is 637 g/mol. The summed E-state index contributed by atoms with van der Waals surface area (Å²) in [6.07, 6.45) is 0.624.